The van der Waals surface area contributed by atoms with Gasteiger partial charge in [0.1, 0.15) is 0 Å². The van der Waals surface area contributed by atoms with Crippen molar-refractivity contribution in [1.29, 1.82) is 0 Å². The molecule has 114 valence electrons. The van der Waals surface area contributed by atoms with Gasteiger partial charge in [0.25, 0.3) is 0 Å². The molecule has 2 atom stereocenters. The van der Waals surface area contributed by atoms with Gasteiger partial charge in [-0.3, -0.25) is 9.59 Å². The molecule has 0 saturated carbocycles. The molecule has 2 heterocycles. The predicted octanol–water partition coefficient (Wildman–Crippen LogP) is 1.04. The van der Waals surface area contributed by atoms with Gasteiger partial charge in [0.2, 0.25) is 5.91 Å². The van der Waals surface area contributed by atoms with Gasteiger partial charge in [0, 0.05) is 19.6 Å². The monoisotopic (exact) mass is 285 g/mol. The van der Waals surface area contributed by atoms with E-state index in [2.05, 4.69) is 0 Å². The molecule has 2 unspecified atom stereocenters. The Morgan fingerprint density at radius 1 is 1.25 bits per heavy atom. The topological polar surface area (TPSA) is 76.1 Å². The number of hydrogen-bond donors (Lipinski definition) is 1. The molecule has 1 N–H and O–H groups in total. The van der Waals surface area contributed by atoms with Gasteiger partial charge in [-0.2, -0.15) is 0 Å². The number of carboxylic acids is 1. The van der Waals surface area contributed by atoms with Gasteiger partial charge in [-0.05, 0) is 25.7 Å². The van der Waals surface area contributed by atoms with Crippen LogP contribution in [0.5, 0.6) is 0 Å². The quantitative estimate of drug-likeness (QED) is 0.816. The lowest BCUT2D eigenvalue weighted by Gasteiger charge is -2.35. The SMILES string of the molecule is O=C(O)CC1COCCN1C(=O)CCC1CCCCO1. The van der Waals surface area contributed by atoms with E-state index < -0.39 is 5.97 Å². The zero-order chi connectivity index (χ0) is 14.4. The molecular weight excluding hydrogens is 262 g/mol. The number of ether oxygens (including phenoxy) is 2. The first-order valence-corrected chi connectivity index (χ1v) is 7.37. The Morgan fingerprint density at radius 2 is 2.10 bits per heavy atom. The fourth-order valence-electron chi connectivity index (χ4n) is 2.82. The van der Waals surface area contributed by atoms with Gasteiger partial charge in [0.05, 0.1) is 31.8 Å². The third-order valence-electron chi connectivity index (χ3n) is 3.91. The molecule has 0 radical (unpaired) electrons. The number of carboxylic acid groups (broad SMARTS) is 1. The number of rotatable bonds is 5. The van der Waals surface area contributed by atoms with Crippen LogP contribution in [0.15, 0.2) is 0 Å². The van der Waals surface area contributed by atoms with E-state index in [-0.39, 0.29) is 24.5 Å². The largest absolute Gasteiger partial charge is 0.481 e. The normalized spacial score (nSPS) is 27.3. The summed E-state index contributed by atoms with van der Waals surface area (Å²) in [5, 5.41) is 8.89. The van der Waals surface area contributed by atoms with Gasteiger partial charge in [-0.15, -0.1) is 0 Å². The number of hydrogen-bond acceptors (Lipinski definition) is 4. The molecule has 20 heavy (non-hydrogen) atoms. The summed E-state index contributed by atoms with van der Waals surface area (Å²) in [4.78, 5) is 24.7. The summed E-state index contributed by atoms with van der Waals surface area (Å²) in [6.45, 7) is 2.08. The van der Waals surface area contributed by atoms with E-state index in [1.807, 2.05) is 0 Å². The number of morpholine rings is 1. The minimum atomic E-state index is -0.895. The minimum Gasteiger partial charge on any atom is -0.481 e. The molecule has 0 bridgehead atoms. The second-order valence-corrected chi connectivity index (χ2v) is 5.44. The molecule has 6 heteroatoms. The molecule has 0 spiro atoms. The van der Waals surface area contributed by atoms with Crippen molar-refractivity contribution in [2.45, 2.75) is 50.7 Å². The van der Waals surface area contributed by atoms with Crippen molar-refractivity contribution in [2.24, 2.45) is 0 Å². The average molecular weight is 285 g/mol. The van der Waals surface area contributed by atoms with Crippen molar-refractivity contribution in [3.63, 3.8) is 0 Å². The van der Waals surface area contributed by atoms with Crippen LogP contribution in [-0.4, -0.2) is 60.4 Å². The van der Waals surface area contributed by atoms with Crippen LogP contribution < -0.4 is 0 Å². The number of nitrogens with zero attached hydrogens (tertiary/aromatic N) is 1. The molecule has 0 aromatic carbocycles. The van der Waals surface area contributed by atoms with E-state index in [4.69, 9.17) is 14.6 Å². The third kappa shape index (κ3) is 4.45. The number of amides is 1. The summed E-state index contributed by atoms with van der Waals surface area (Å²) in [7, 11) is 0. The first-order chi connectivity index (χ1) is 9.66. The lowest BCUT2D eigenvalue weighted by atomic mass is 10.0. The molecule has 2 aliphatic heterocycles. The Bertz CT molecular complexity index is 340. The van der Waals surface area contributed by atoms with Crippen LogP contribution in [0.25, 0.3) is 0 Å². The Hall–Kier alpha value is -1.14. The molecule has 0 aromatic rings. The van der Waals surface area contributed by atoms with Gasteiger partial charge in [-0.25, -0.2) is 0 Å². The Morgan fingerprint density at radius 3 is 2.80 bits per heavy atom. The van der Waals surface area contributed by atoms with Crippen LogP contribution in [0, 0.1) is 0 Å². The van der Waals surface area contributed by atoms with Crippen molar-refractivity contribution >= 4 is 11.9 Å². The second-order valence-electron chi connectivity index (χ2n) is 5.44. The van der Waals surface area contributed by atoms with Gasteiger partial charge in [0.15, 0.2) is 0 Å². The fourth-order valence-corrected chi connectivity index (χ4v) is 2.82. The van der Waals surface area contributed by atoms with Crippen LogP contribution in [0.1, 0.15) is 38.5 Å². The maximum atomic E-state index is 12.3. The summed E-state index contributed by atoms with van der Waals surface area (Å²) in [6, 6.07) is -0.332. The van der Waals surface area contributed by atoms with Crippen molar-refractivity contribution < 1.29 is 24.2 Å². The smallest absolute Gasteiger partial charge is 0.305 e. The van der Waals surface area contributed by atoms with Crippen LogP contribution in [0.3, 0.4) is 0 Å². The molecule has 2 fully saturated rings. The van der Waals surface area contributed by atoms with E-state index in [0.717, 1.165) is 32.3 Å². The van der Waals surface area contributed by atoms with E-state index >= 15 is 0 Å². The number of carbonyl (C=O) groups excluding carboxylic acids is 1. The highest BCUT2D eigenvalue weighted by molar-refractivity contribution is 5.77. The van der Waals surface area contributed by atoms with E-state index in [9.17, 15) is 9.59 Å². The van der Waals surface area contributed by atoms with Gasteiger partial charge >= 0.3 is 5.97 Å². The number of aliphatic carboxylic acids is 1. The second kappa shape index (κ2) is 7.59. The molecule has 0 aromatic heterocycles. The summed E-state index contributed by atoms with van der Waals surface area (Å²) in [6.07, 6.45) is 4.59. The lowest BCUT2D eigenvalue weighted by Crippen LogP contribution is -2.49. The van der Waals surface area contributed by atoms with Crippen LogP contribution in [0.2, 0.25) is 0 Å². The highest BCUT2D eigenvalue weighted by Gasteiger charge is 2.29. The summed E-state index contributed by atoms with van der Waals surface area (Å²) >= 11 is 0. The third-order valence-corrected chi connectivity index (χ3v) is 3.91. The standard InChI is InChI=1S/C14H23NO5/c16-13(5-4-12-3-1-2-7-20-12)15-6-8-19-10-11(15)9-14(17)18/h11-12H,1-10H2,(H,17,18). The van der Waals surface area contributed by atoms with E-state index in [0.29, 0.717) is 26.2 Å². The van der Waals surface area contributed by atoms with Crippen LogP contribution >= 0.6 is 0 Å². The molecule has 6 nitrogen and oxygen atoms in total. The molecule has 0 aliphatic carbocycles. The van der Waals surface area contributed by atoms with Gasteiger partial charge in [-0.1, -0.05) is 0 Å². The molecular formula is C14H23NO5. The highest BCUT2D eigenvalue weighted by Crippen LogP contribution is 2.19. The molecule has 1 amide bonds. The zero-order valence-electron chi connectivity index (χ0n) is 11.8. The Balaban J connectivity index is 1.80. The van der Waals surface area contributed by atoms with E-state index in [1.165, 1.54) is 0 Å². The van der Waals surface area contributed by atoms with E-state index in [1.54, 1.807) is 4.90 Å². The van der Waals surface area contributed by atoms with Crippen molar-refractivity contribution in [3.8, 4) is 0 Å². The zero-order valence-corrected chi connectivity index (χ0v) is 11.8. The number of carbonyl (C=O) groups is 2. The molecule has 2 aliphatic rings. The first-order valence-electron chi connectivity index (χ1n) is 7.37. The first kappa shape index (κ1) is 15.3. The van der Waals surface area contributed by atoms with Crippen molar-refractivity contribution in [1.82, 2.24) is 4.90 Å². The minimum absolute atomic E-state index is 0.0220. The lowest BCUT2D eigenvalue weighted by molar-refractivity contribution is -0.146. The Labute approximate surface area is 119 Å². The maximum Gasteiger partial charge on any atom is 0.305 e. The molecule has 2 rings (SSSR count). The van der Waals surface area contributed by atoms with Crippen molar-refractivity contribution in [2.75, 3.05) is 26.4 Å². The highest BCUT2D eigenvalue weighted by atomic mass is 16.5. The fraction of sp³-hybridized carbons (Fsp3) is 0.857. The van der Waals surface area contributed by atoms with Crippen molar-refractivity contribution in [3.05, 3.63) is 0 Å². The predicted molar refractivity (Wildman–Crippen MR) is 71.4 cm³/mol. The van der Waals surface area contributed by atoms with Gasteiger partial charge < -0.3 is 19.5 Å². The molecule has 2 saturated heterocycles. The summed E-state index contributed by atoms with van der Waals surface area (Å²) in [5.74, 6) is -0.873. The van der Waals surface area contributed by atoms with Crippen LogP contribution in [-0.2, 0) is 19.1 Å². The average Bonchev–Trinajstić information content (AvgIpc) is 2.46. The van der Waals surface area contributed by atoms with Crippen LogP contribution in [0.4, 0.5) is 0 Å². The summed E-state index contributed by atoms with van der Waals surface area (Å²) < 4.78 is 10.9. The Kier molecular flexibility index (Phi) is 5.79. The summed E-state index contributed by atoms with van der Waals surface area (Å²) in [5.41, 5.74) is 0. The maximum absolute atomic E-state index is 12.3.